The van der Waals surface area contributed by atoms with Crippen LogP contribution in [0.4, 0.5) is 0 Å². The van der Waals surface area contributed by atoms with Crippen molar-refractivity contribution in [3.63, 3.8) is 0 Å². The molecular formula is C11H12Cl2O4S2. The number of halogens is 2. The Kier molecular flexibility index (Phi) is 5.98. The third-order valence-electron chi connectivity index (χ3n) is 2.37. The van der Waals surface area contributed by atoms with Crippen molar-refractivity contribution >= 4 is 50.8 Å². The monoisotopic (exact) mass is 342 g/mol. The summed E-state index contributed by atoms with van der Waals surface area (Å²) in [5.41, 5.74) is -0.380. The molecule has 0 aliphatic rings. The predicted octanol–water partition coefficient (Wildman–Crippen LogP) is 3.22. The second-order valence-corrected chi connectivity index (χ2v) is 7.55. The van der Waals surface area contributed by atoms with Gasteiger partial charge in [-0.05, 0) is 30.6 Å². The SMILES string of the molecule is CSCCCS(=O)(=O)c1ccc(Cl)c(C(=O)O)c1Cl. The quantitative estimate of drug-likeness (QED) is 0.803. The van der Waals surface area contributed by atoms with Crippen molar-refractivity contribution in [3.05, 3.63) is 27.7 Å². The van der Waals surface area contributed by atoms with Gasteiger partial charge in [-0.2, -0.15) is 11.8 Å². The Morgan fingerprint density at radius 2 is 2.00 bits per heavy atom. The Balaban J connectivity index is 3.21. The van der Waals surface area contributed by atoms with Gasteiger partial charge in [0.15, 0.2) is 9.84 Å². The average Bonchev–Trinajstić information content (AvgIpc) is 2.28. The number of carboxylic acid groups (broad SMARTS) is 1. The summed E-state index contributed by atoms with van der Waals surface area (Å²) in [6, 6.07) is 2.48. The highest BCUT2D eigenvalue weighted by atomic mass is 35.5. The minimum Gasteiger partial charge on any atom is -0.478 e. The summed E-state index contributed by atoms with van der Waals surface area (Å²) in [5.74, 6) is -0.721. The van der Waals surface area contributed by atoms with E-state index in [4.69, 9.17) is 28.3 Å². The van der Waals surface area contributed by atoms with Gasteiger partial charge in [0.05, 0.1) is 26.3 Å². The maximum atomic E-state index is 12.1. The molecule has 1 N–H and O–H groups in total. The van der Waals surface area contributed by atoms with Crippen molar-refractivity contribution in [3.8, 4) is 0 Å². The molecule has 0 aliphatic carbocycles. The van der Waals surface area contributed by atoms with Crippen LogP contribution in [0.3, 0.4) is 0 Å². The number of carboxylic acids is 1. The largest absolute Gasteiger partial charge is 0.478 e. The van der Waals surface area contributed by atoms with Crippen LogP contribution in [-0.4, -0.2) is 37.3 Å². The molecule has 8 heteroatoms. The van der Waals surface area contributed by atoms with E-state index in [0.29, 0.717) is 12.2 Å². The number of sulfone groups is 1. The number of carbonyl (C=O) groups is 1. The summed E-state index contributed by atoms with van der Waals surface area (Å²) in [5, 5.41) is 8.57. The fraction of sp³-hybridized carbons (Fsp3) is 0.364. The number of hydrogen-bond acceptors (Lipinski definition) is 4. The number of rotatable bonds is 6. The Morgan fingerprint density at radius 1 is 1.37 bits per heavy atom. The van der Waals surface area contributed by atoms with Crippen molar-refractivity contribution in [2.45, 2.75) is 11.3 Å². The van der Waals surface area contributed by atoms with Crippen molar-refractivity contribution in [1.82, 2.24) is 0 Å². The van der Waals surface area contributed by atoms with Gasteiger partial charge in [0, 0.05) is 0 Å². The Morgan fingerprint density at radius 3 is 2.53 bits per heavy atom. The van der Waals surface area contributed by atoms with Crippen LogP contribution in [0.15, 0.2) is 17.0 Å². The lowest BCUT2D eigenvalue weighted by atomic mass is 10.2. The topological polar surface area (TPSA) is 71.4 Å². The van der Waals surface area contributed by atoms with E-state index < -0.39 is 15.8 Å². The molecule has 0 amide bonds. The Hall–Kier alpha value is -0.430. The number of benzene rings is 1. The molecule has 0 radical (unpaired) electrons. The second-order valence-electron chi connectivity index (χ2n) is 3.70. The third kappa shape index (κ3) is 4.02. The highest BCUT2D eigenvalue weighted by molar-refractivity contribution is 7.98. The molecule has 4 nitrogen and oxygen atoms in total. The molecule has 0 saturated heterocycles. The zero-order valence-corrected chi connectivity index (χ0v) is 13.2. The first-order valence-corrected chi connectivity index (χ1v) is 9.04. The number of hydrogen-bond donors (Lipinski definition) is 1. The van der Waals surface area contributed by atoms with Crippen LogP contribution in [0.2, 0.25) is 10.0 Å². The molecule has 0 heterocycles. The molecule has 1 aromatic rings. The van der Waals surface area contributed by atoms with Gasteiger partial charge < -0.3 is 5.11 Å². The summed E-state index contributed by atoms with van der Waals surface area (Å²) in [4.78, 5) is 10.8. The van der Waals surface area contributed by atoms with Crippen LogP contribution in [-0.2, 0) is 9.84 Å². The highest BCUT2D eigenvalue weighted by Crippen LogP contribution is 2.31. The van der Waals surface area contributed by atoms with E-state index in [1.807, 2.05) is 6.26 Å². The highest BCUT2D eigenvalue weighted by Gasteiger charge is 2.24. The van der Waals surface area contributed by atoms with Crippen molar-refractivity contribution in [2.24, 2.45) is 0 Å². The molecule has 0 unspecified atom stereocenters. The molecular weight excluding hydrogens is 331 g/mol. The van der Waals surface area contributed by atoms with Gasteiger partial charge >= 0.3 is 5.97 Å². The van der Waals surface area contributed by atoms with E-state index in [9.17, 15) is 13.2 Å². The minimum absolute atomic E-state index is 0.0751. The fourth-order valence-corrected chi connectivity index (χ4v) is 4.37. The maximum absolute atomic E-state index is 12.1. The van der Waals surface area contributed by atoms with Gasteiger partial charge in [-0.1, -0.05) is 23.2 Å². The summed E-state index contributed by atoms with van der Waals surface area (Å²) >= 11 is 13.1. The van der Waals surface area contributed by atoms with E-state index in [1.165, 1.54) is 23.9 Å². The maximum Gasteiger partial charge on any atom is 0.338 e. The van der Waals surface area contributed by atoms with E-state index in [0.717, 1.165) is 0 Å². The van der Waals surface area contributed by atoms with Gasteiger partial charge in [0.25, 0.3) is 0 Å². The van der Waals surface area contributed by atoms with E-state index >= 15 is 0 Å². The first kappa shape index (κ1) is 16.6. The van der Waals surface area contributed by atoms with Crippen LogP contribution >= 0.6 is 35.0 Å². The zero-order chi connectivity index (χ0) is 14.6. The summed E-state index contributed by atoms with van der Waals surface area (Å²) in [6.45, 7) is 0. The Labute approximate surface area is 126 Å². The van der Waals surface area contributed by atoms with Gasteiger partial charge in [0.2, 0.25) is 0 Å². The molecule has 0 atom stereocenters. The molecule has 1 rings (SSSR count). The summed E-state index contributed by atoms with van der Waals surface area (Å²) in [6.07, 6.45) is 2.36. The summed E-state index contributed by atoms with van der Waals surface area (Å²) < 4.78 is 24.2. The van der Waals surface area contributed by atoms with Gasteiger partial charge in [-0.25, -0.2) is 13.2 Å². The van der Waals surface area contributed by atoms with Crippen molar-refractivity contribution in [1.29, 1.82) is 0 Å². The molecule has 1 aromatic carbocycles. The zero-order valence-electron chi connectivity index (χ0n) is 10.0. The standard InChI is InChI=1S/C11H12Cl2O4S2/c1-18-5-2-6-19(16,17)8-4-3-7(12)9(10(8)13)11(14)15/h3-4H,2,5-6H2,1H3,(H,14,15). The lowest BCUT2D eigenvalue weighted by Gasteiger charge is -2.09. The molecule has 0 saturated carbocycles. The molecule has 0 bridgehead atoms. The van der Waals surface area contributed by atoms with Crippen LogP contribution in [0.1, 0.15) is 16.8 Å². The Bertz CT molecular complexity index is 585. The molecule has 0 fully saturated rings. The van der Waals surface area contributed by atoms with Gasteiger partial charge in [0.1, 0.15) is 0 Å². The predicted molar refractivity (Wildman–Crippen MR) is 78.5 cm³/mol. The van der Waals surface area contributed by atoms with Crippen LogP contribution < -0.4 is 0 Å². The van der Waals surface area contributed by atoms with E-state index in [1.54, 1.807) is 0 Å². The fourth-order valence-electron chi connectivity index (χ4n) is 1.47. The molecule has 0 aliphatic heterocycles. The van der Waals surface area contributed by atoms with E-state index in [2.05, 4.69) is 0 Å². The lowest BCUT2D eigenvalue weighted by Crippen LogP contribution is -2.11. The van der Waals surface area contributed by atoms with Crippen molar-refractivity contribution in [2.75, 3.05) is 17.8 Å². The summed E-state index contributed by atoms with van der Waals surface area (Å²) in [7, 11) is -3.60. The lowest BCUT2D eigenvalue weighted by molar-refractivity contribution is 0.0697. The van der Waals surface area contributed by atoms with Crippen LogP contribution in [0.25, 0.3) is 0 Å². The second kappa shape index (κ2) is 6.83. The van der Waals surface area contributed by atoms with Crippen LogP contribution in [0.5, 0.6) is 0 Å². The van der Waals surface area contributed by atoms with Gasteiger partial charge in [-0.15, -0.1) is 0 Å². The third-order valence-corrected chi connectivity index (χ3v) is 5.72. The van der Waals surface area contributed by atoms with Crippen LogP contribution in [0, 0.1) is 0 Å². The number of thioether (sulfide) groups is 1. The minimum atomic E-state index is -3.60. The molecule has 0 aromatic heterocycles. The van der Waals surface area contributed by atoms with Crippen molar-refractivity contribution < 1.29 is 18.3 Å². The first-order chi connectivity index (χ1) is 8.81. The smallest absolute Gasteiger partial charge is 0.338 e. The molecule has 106 valence electrons. The molecule has 19 heavy (non-hydrogen) atoms. The average molecular weight is 343 g/mol. The molecule has 0 spiro atoms. The van der Waals surface area contributed by atoms with Gasteiger partial charge in [-0.3, -0.25) is 0 Å². The van der Waals surface area contributed by atoms with E-state index in [-0.39, 0.29) is 26.3 Å². The normalized spacial score (nSPS) is 11.5. The number of aromatic carboxylic acids is 1. The first-order valence-electron chi connectivity index (χ1n) is 5.24.